The summed E-state index contributed by atoms with van der Waals surface area (Å²) in [6, 6.07) is 0. The quantitative estimate of drug-likeness (QED) is 0.746. The van der Waals surface area contributed by atoms with Crippen molar-refractivity contribution in [3.8, 4) is 0 Å². The Morgan fingerprint density at radius 1 is 1.54 bits per heavy atom. The van der Waals surface area contributed by atoms with Gasteiger partial charge in [0.2, 0.25) is 0 Å². The molecule has 1 aromatic rings. The molecule has 0 amide bonds. The van der Waals surface area contributed by atoms with E-state index < -0.39 is 5.97 Å². The second kappa shape index (κ2) is 4.12. The van der Waals surface area contributed by atoms with Gasteiger partial charge in [0, 0.05) is 18.3 Å². The molecule has 0 radical (unpaired) electrons. The Morgan fingerprint density at radius 2 is 2.23 bits per heavy atom. The largest absolute Gasteiger partial charge is 0.481 e. The number of carbonyl (C=O) groups is 1. The van der Waals surface area contributed by atoms with Gasteiger partial charge in [-0.3, -0.25) is 4.79 Å². The number of aromatic nitrogens is 1. The number of H-pyrrole nitrogens is 1. The van der Waals surface area contributed by atoms with Crippen LogP contribution in [0.2, 0.25) is 0 Å². The molecule has 0 saturated heterocycles. The molecular weight excluding hydrogens is 166 g/mol. The van der Waals surface area contributed by atoms with Crippen LogP contribution in [0, 0.1) is 13.8 Å². The summed E-state index contributed by atoms with van der Waals surface area (Å²) in [7, 11) is 0. The van der Waals surface area contributed by atoms with Gasteiger partial charge < -0.3 is 10.1 Å². The van der Waals surface area contributed by atoms with Crippen molar-refractivity contribution >= 4 is 5.97 Å². The normalized spacial score (nSPS) is 10.3. The van der Waals surface area contributed by atoms with Crippen LogP contribution in [0.25, 0.3) is 0 Å². The molecule has 0 aliphatic heterocycles. The molecule has 0 aliphatic rings. The van der Waals surface area contributed by atoms with Gasteiger partial charge >= 0.3 is 5.97 Å². The van der Waals surface area contributed by atoms with Crippen LogP contribution in [-0.2, 0) is 11.2 Å². The first kappa shape index (κ1) is 9.84. The number of carboxylic acids is 1. The van der Waals surface area contributed by atoms with Gasteiger partial charge in [-0.15, -0.1) is 0 Å². The standard InChI is InChI=1S/C10H15NO2/c1-7-6-11-8(2)9(7)4-3-5-10(12)13/h6,11H,3-5H2,1-2H3,(H,12,13). The molecule has 1 rings (SSSR count). The molecule has 0 fully saturated rings. The summed E-state index contributed by atoms with van der Waals surface area (Å²) in [4.78, 5) is 13.4. The first-order valence-corrected chi connectivity index (χ1v) is 4.46. The van der Waals surface area contributed by atoms with E-state index >= 15 is 0 Å². The number of rotatable bonds is 4. The van der Waals surface area contributed by atoms with Crippen LogP contribution in [0.15, 0.2) is 6.20 Å². The lowest BCUT2D eigenvalue weighted by atomic mass is 10.1. The number of hydrogen-bond donors (Lipinski definition) is 2. The maximum atomic E-state index is 10.3. The van der Waals surface area contributed by atoms with Crippen LogP contribution in [0.1, 0.15) is 29.7 Å². The Labute approximate surface area is 77.8 Å². The van der Waals surface area contributed by atoms with Crippen LogP contribution in [0.5, 0.6) is 0 Å². The summed E-state index contributed by atoms with van der Waals surface area (Å²) in [5, 5.41) is 8.47. The second-order valence-corrected chi connectivity index (χ2v) is 3.32. The van der Waals surface area contributed by atoms with E-state index in [9.17, 15) is 4.79 Å². The van der Waals surface area contributed by atoms with Crippen LogP contribution in [-0.4, -0.2) is 16.1 Å². The van der Waals surface area contributed by atoms with Crippen molar-refractivity contribution in [1.29, 1.82) is 0 Å². The first-order valence-electron chi connectivity index (χ1n) is 4.46. The van der Waals surface area contributed by atoms with Gasteiger partial charge in [-0.25, -0.2) is 0 Å². The van der Waals surface area contributed by atoms with Gasteiger partial charge in [0.25, 0.3) is 0 Å². The lowest BCUT2D eigenvalue weighted by Gasteiger charge is -2.00. The SMILES string of the molecule is Cc1c[nH]c(C)c1CCCC(=O)O. The highest BCUT2D eigenvalue weighted by Gasteiger charge is 2.05. The van der Waals surface area contributed by atoms with E-state index in [2.05, 4.69) is 4.98 Å². The van der Waals surface area contributed by atoms with Gasteiger partial charge in [-0.1, -0.05) is 0 Å². The summed E-state index contributed by atoms with van der Waals surface area (Å²) in [6.45, 7) is 4.06. The van der Waals surface area contributed by atoms with Crippen molar-refractivity contribution in [2.45, 2.75) is 33.1 Å². The van der Waals surface area contributed by atoms with E-state index in [1.807, 2.05) is 20.0 Å². The first-order chi connectivity index (χ1) is 6.11. The molecule has 1 heterocycles. The minimum atomic E-state index is -0.717. The van der Waals surface area contributed by atoms with E-state index in [1.165, 1.54) is 11.1 Å². The highest BCUT2D eigenvalue weighted by molar-refractivity contribution is 5.66. The zero-order chi connectivity index (χ0) is 9.84. The lowest BCUT2D eigenvalue weighted by molar-refractivity contribution is -0.137. The number of nitrogens with one attached hydrogen (secondary N) is 1. The molecule has 1 aromatic heterocycles. The summed E-state index contributed by atoms with van der Waals surface area (Å²) in [6.07, 6.45) is 3.79. The Kier molecular flexibility index (Phi) is 3.12. The molecule has 0 saturated carbocycles. The summed E-state index contributed by atoms with van der Waals surface area (Å²) < 4.78 is 0. The predicted molar refractivity (Wildman–Crippen MR) is 50.8 cm³/mol. The van der Waals surface area contributed by atoms with Gasteiger partial charge in [-0.2, -0.15) is 0 Å². The van der Waals surface area contributed by atoms with Crippen molar-refractivity contribution in [1.82, 2.24) is 4.98 Å². The highest BCUT2D eigenvalue weighted by Crippen LogP contribution is 2.14. The molecule has 3 heteroatoms. The number of aryl methyl sites for hydroxylation is 2. The van der Waals surface area contributed by atoms with E-state index in [4.69, 9.17) is 5.11 Å². The minimum Gasteiger partial charge on any atom is -0.481 e. The van der Waals surface area contributed by atoms with E-state index in [1.54, 1.807) is 0 Å². The van der Waals surface area contributed by atoms with Crippen molar-refractivity contribution in [2.24, 2.45) is 0 Å². The molecule has 0 aromatic carbocycles. The minimum absolute atomic E-state index is 0.254. The molecule has 13 heavy (non-hydrogen) atoms. The second-order valence-electron chi connectivity index (χ2n) is 3.32. The fourth-order valence-corrected chi connectivity index (χ4v) is 1.49. The van der Waals surface area contributed by atoms with Gasteiger partial charge in [0.05, 0.1) is 0 Å². The molecule has 0 spiro atoms. The molecule has 0 atom stereocenters. The monoisotopic (exact) mass is 181 g/mol. The summed E-state index contributed by atoms with van der Waals surface area (Å²) >= 11 is 0. The van der Waals surface area contributed by atoms with Crippen LogP contribution in [0.4, 0.5) is 0 Å². The fourth-order valence-electron chi connectivity index (χ4n) is 1.49. The number of hydrogen-bond acceptors (Lipinski definition) is 1. The number of carboxylic acid groups (broad SMARTS) is 1. The Balaban J connectivity index is 2.49. The zero-order valence-electron chi connectivity index (χ0n) is 8.05. The Morgan fingerprint density at radius 3 is 2.69 bits per heavy atom. The number of aromatic amines is 1. The van der Waals surface area contributed by atoms with Gasteiger partial charge in [0.15, 0.2) is 0 Å². The third-order valence-corrected chi connectivity index (χ3v) is 2.25. The molecule has 72 valence electrons. The average Bonchev–Trinajstić information content (AvgIpc) is 2.34. The molecule has 0 unspecified atom stereocenters. The predicted octanol–water partition coefficient (Wildman–Crippen LogP) is 2.04. The third-order valence-electron chi connectivity index (χ3n) is 2.25. The molecule has 2 N–H and O–H groups in total. The Hall–Kier alpha value is -1.25. The zero-order valence-corrected chi connectivity index (χ0v) is 8.05. The topological polar surface area (TPSA) is 53.1 Å². The van der Waals surface area contributed by atoms with Crippen molar-refractivity contribution < 1.29 is 9.90 Å². The maximum absolute atomic E-state index is 10.3. The summed E-state index contributed by atoms with van der Waals surface area (Å²) in [5.41, 5.74) is 3.65. The summed E-state index contributed by atoms with van der Waals surface area (Å²) in [5.74, 6) is -0.717. The van der Waals surface area contributed by atoms with Crippen molar-refractivity contribution in [3.05, 3.63) is 23.0 Å². The van der Waals surface area contributed by atoms with E-state index in [0.717, 1.165) is 18.5 Å². The van der Waals surface area contributed by atoms with Crippen LogP contribution in [0.3, 0.4) is 0 Å². The number of aliphatic carboxylic acids is 1. The van der Waals surface area contributed by atoms with E-state index in [0.29, 0.717) is 0 Å². The molecule has 3 nitrogen and oxygen atoms in total. The average molecular weight is 181 g/mol. The third kappa shape index (κ3) is 2.61. The van der Waals surface area contributed by atoms with Crippen molar-refractivity contribution in [2.75, 3.05) is 0 Å². The van der Waals surface area contributed by atoms with Gasteiger partial charge in [0.1, 0.15) is 0 Å². The fraction of sp³-hybridized carbons (Fsp3) is 0.500. The van der Waals surface area contributed by atoms with E-state index in [-0.39, 0.29) is 6.42 Å². The molecule has 0 bridgehead atoms. The highest BCUT2D eigenvalue weighted by atomic mass is 16.4. The smallest absolute Gasteiger partial charge is 0.303 e. The van der Waals surface area contributed by atoms with Crippen LogP contribution >= 0.6 is 0 Å². The maximum Gasteiger partial charge on any atom is 0.303 e. The van der Waals surface area contributed by atoms with Crippen molar-refractivity contribution in [3.63, 3.8) is 0 Å². The Bertz CT molecular complexity index is 282. The van der Waals surface area contributed by atoms with Crippen LogP contribution < -0.4 is 0 Å². The molecular formula is C10H15NO2. The molecule has 0 aliphatic carbocycles. The lowest BCUT2D eigenvalue weighted by Crippen LogP contribution is -1.96. The van der Waals surface area contributed by atoms with Gasteiger partial charge in [-0.05, 0) is 37.8 Å².